The third-order valence-corrected chi connectivity index (χ3v) is 4.46. The zero-order valence-electron chi connectivity index (χ0n) is 12.4. The Labute approximate surface area is 121 Å². The number of rotatable bonds is 4. The first-order valence-corrected chi connectivity index (χ1v) is 7.66. The topological polar surface area (TPSA) is 49.3 Å². The monoisotopic (exact) mass is 275 g/mol. The highest BCUT2D eigenvalue weighted by Gasteiger charge is 2.20. The number of carboxylic acids is 1. The van der Waals surface area contributed by atoms with E-state index in [1.807, 2.05) is 12.1 Å². The molecule has 0 amide bonds. The van der Waals surface area contributed by atoms with Gasteiger partial charge in [-0.15, -0.1) is 0 Å². The highest BCUT2D eigenvalue weighted by molar-refractivity contribution is 5.87. The molecule has 3 nitrogen and oxygen atoms in total. The van der Waals surface area contributed by atoms with Crippen molar-refractivity contribution in [2.75, 3.05) is 5.32 Å². The van der Waals surface area contributed by atoms with Gasteiger partial charge in [0.25, 0.3) is 0 Å². The van der Waals surface area contributed by atoms with Crippen molar-refractivity contribution in [2.45, 2.75) is 52.0 Å². The lowest BCUT2D eigenvalue weighted by Crippen LogP contribution is -2.18. The fraction of sp³-hybridized carbons (Fsp3) is 0.588. The number of carbonyl (C=O) groups is 1. The largest absolute Gasteiger partial charge is 0.478 e. The number of carboxylic acid groups (broad SMARTS) is 1. The molecule has 2 rings (SSSR count). The molecule has 3 heteroatoms. The molecule has 0 heterocycles. The van der Waals surface area contributed by atoms with Gasteiger partial charge in [0, 0.05) is 11.7 Å². The van der Waals surface area contributed by atoms with Gasteiger partial charge >= 0.3 is 5.97 Å². The predicted octanol–water partition coefficient (Wildman–Crippen LogP) is 4.40. The molecule has 0 spiro atoms. The third kappa shape index (κ3) is 3.99. The second kappa shape index (κ2) is 6.78. The van der Waals surface area contributed by atoms with Crippen molar-refractivity contribution in [3.63, 3.8) is 0 Å². The van der Waals surface area contributed by atoms with Crippen LogP contribution >= 0.6 is 0 Å². The van der Waals surface area contributed by atoms with E-state index >= 15 is 0 Å². The summed E-state index contributed by atoms with van der Waals surface area (Å²) in [5.74, 6) is 0.769. The van der Waals surface area contributed by atoms with E-state index in [0.29, 0.717) is 11.6 Å². The van der Waals surface area contributed by atoms with Gasteiger partial charge in [-0.3, -0.25) is 0 Å². The van der Waals surface area contributed by atoms with Crippen molar-refractivity contribution < 1.29 is 9.90 Å². The predicted molar refractivity (Wildman–Crippen MR) is 82.2 cm³/mol. The molecule has 0 radical (unpaired) electrons. The molecule has 0 bridgehead atoms. The average Bonchev–Trinajstić information content (AvgIpc) is 2.65. The van der Waals surface area contributed by atoms with Crippen LogP contribution in [-0.4, -0.2) is 17.1 Å². The smallest absolute Gasteiger partial charge is 0.335 e. The number of nitrogens with one attached hydrogen (secondary N) is 1. The minimum absolute atomic E-state index is 0.344. The molecule has 0 aliphatic heterocycles. The lowest BCUT2D eigenvalue weighted by molar-refractivity contribution is 0.0697. The van der Waals surface area contributed by atoms with Crippen molar-refractivity contribution in [1.29, 1.82) is 0 Å². The van der Waals surface area contributed by atoms with E-state index < -0.39 is 5.97 Å². The minimum Gasteiger partial charge on any atom is -0.478 e. The third-order valence-electron chi connectivity index (χ3n) is 4.46. The second-order valence-electron chi connectivity index (χ2n) is 6.24. The van der Waals surface area contributed by atoms with E-state index in [0.717, 1.165) is 17.5 Å². The van der Waals surface area contributed by atoms with E-state index in [2.05, 4.69) is 19.2 Å². The molecule has 1 aliphatic carbocycles. The first-order chi connectivity index (χ1) is 9.56. The standard InChI is InChI=1S/C17H25NO2/c1-12(2)13-4-3-5-15(9-6-13)18-16-10-7-14(8-11-16)17(19)20/h7-8,10-13,15,18H,3-6,9H2,1-2H3,(H,19,20). The van der Waals surface area contributed by atoms with Gasteiger partial charge < -0.3 is 10.4 Å². The highest BCUT2D eigenvalue weighted by Crippen LogP contribution is 2.30. The SMILES string of the molecule is CC(C)C1CCCC(Nc2ccc(C(=O)O)cc2)CC1. The lowest BCUT2D eigenvalue weighted by atomic mass is 9.89. The summed E-state index contributed by atoms with van der Waals surface area (Å²) in [7, 11) is 0. The van der Waals surface area contributed by atoms with E-state index in [1.54, 1.807) is 12.1 Å². The zero-order valence-corrected chi connectivity index (χ0v) is 12.4. The van der Waals surface area contributed by atoms with Crippen molar-refractivity contribution in [3.05, 3.63) is 29.8 Å². The molecule has 20 heavy (non-hydrogen) atoms. The van der Waals surface area contributed by atoms with Crippen LogP contribution in [0.5, 0.6) is 0 Å². The van der Waals surface area contributed by atoms with Crippen molar-refractivity contribution in [3.8, 4) is 0 Å². The Balaban J connectivity index is 1.91. The molecular formula is C17H25NO2. The maximum absolute atomic E-state index is 10.8. The molecular weight excluding hydrogens is 250 g/mol. The fourth-order valence-corrected chi connectivity index (χ4v) is 3.09. The molecule has 2 unspecified atom stereocenters. The van der Waals surface area contributed by atoms with Crippen molar-refractivity contribution in [2.24, 2.45) is 11.8 Å². The number of benzene rings is 1. The van der Waals surface area contributed by atoms with Crippen LogP contribution in [0.15, 0.2) is 24.3 Å². The first-order valence-electron chi connectivity index (χ1n) is 7.66. The van der Waals surface area contributed by atoms with Gasteiger partial charge in [0.05, 0.1) is 5.56 Å². The fourth-order valence-electron chi connectivity index (χ4n) is 3.09. The summed E-state index contributed by atoms with van der Waals surface area (Å²) >= 11 is 0. The van der Waals surface area contributed by atoms with E-state index in [9.17, 15) is 4.79 Å². The average molecular weight is 275 g/mol. The molecule has 1 aromatic carbocycles. The first kappa shape index (κ1) is 14.9. The van der Waals surface area contributed by atoms with Gasteiger partial charge in [-0.25, -0.2) is 4.79 Å². The Hall–Kier alpha value is -1.51. The van der Waals surface area contributed by atoms with Gasteiger partial charge in [-0.05, 0) is 55.4 Å². The van der Waals surface area contributed by atoms with Crippen LogP contribution in [0, 0.1) is 11.8 Å². The number of aromatic carboxylic acids is 1. The van der Waals surface area contributed by atoms with Crippen LogP contribution in [0.1, 0.15) is 56.3 Å². The minimum atomic E-state index is -0.870. The molecule has 0 aromatic heterocycles. The van der Waals surface area contributed by atoms with Crippen LogP contribution in [0.2, 0.25) is 0 Å². The molecule has 1 aliphatic rings. The molecule has 1 aromatic rings. The molecule has 1 fully saturated rings. The van der Waals surface area contributed by atoms with Gasteiger partial charge in [0.2, 0.25) is 0 Å². The summed E-state index contributed by atoms with van der Waals surface area (Å²) in [6, 6.07) is 7.59. The highest BCUT2D eigenvalue weighted by atomic mass is 16.4. The maximum atomic E-state index is 10.8. The van der Waals surface area contributed by atoms with E-state index in [4.69, 9.17) is 5.11 Å². The number of hydrogen-bond acceptors (Lipinski definition) is 2. The van der Waals surface area contributed by atoms with Gasteiger partial charge in [0.15, 0.2) is 0 Å². The Morgan fingerprint density at radius 2 is 1.85 bits per heavy atom. The summed E-state index contributed by atoms with van der Waals surface area (Å²) < 4.78 is 0. The Morgan fingerprint density at radius 3 is 2.45 bits per heavy atom. The molecule has 1 saturated carbocycles. The summed E-state index contributed by atoms with van der Waals surface area (Å²) in [6.45, 7) is 4.64. The van der Waals surface area contributed by atoms with Gasteiger partial charge in [-0.1, -0.05) is 26.7 Å². The van der Waals surface area contributed by atoms with Gasteiger partial charge in [0.1, 0.15) is 0 Å². The van der Waals surface area contributed by atoms with Crippen LogP contribution in [0.25, 0.3) is 0 Å². The quantitative estimate of drug-likeness (QED) is 0.801. The molecule has 2 atom stereocenters. The van der Waals surface area contributed by atoms with E-state index in [1.165, 1.54) is 32.1 Å². The summed E-state index contributed by atoms with van der Waals surface area (Å²) in [5, 5.41) is 12.4. The normalized spacial score (nSPS) is 23.4. The van der Waals surface area contributed by atoms with Crippen molar-refractivity contribution in [1.82, 2.24) is 0 Å². The Kier molecular flexibility index (Phi) is 5.05. The zero-order chi connectivity index (χ0) is 14.5. The number of hydrogen-bond donors (Lipinski definition) is 2. The number of anilines is 1. The summed E-state index contributed by atoms with van der Waals surface area (Å²) in [5.41, 5.74) is 1.37. The molecule has 110 valence electrons. The maximum Gasteiger partial charge on any atom is 0.335 e. The van der Waals surface area contributed by atoms with Crippen molar-refractivity contribution >= 4 is 11.7 Å². The second-order valence-corrected chi connectivity index (χ2v) is 6.24. The van der Waals surface area contributed by atoms with Crippen LogP contribution in [0.4, 0.5) is 5.69 Å². The van der Waals surface area contributed by atoms with Crippen LogP contribution in [0.3, 0.4) is 0 Å². The molecule has 2 N–H and O–H groups in total. The summed E-state index contributed by atoms with van der Waals surface area (Å²) in [4.78, 5) is 10.8. The van der Waals surface area contributed by atoms with Crippen LogP contribution < -0.4 is 5.32 Å². The Bertz CT molecular complexity index is 439. The van der Waals surface area contributed by atoms with Crippen LogP contribution in [-0.2, 0) is 0 Å². The molecule has 0 saturated heterocycles. The van der Waals surface area contributed by atoms with Gasteiger partial charge in [-0.2, -0.15) is 0 Å². The Morgan fingerprint density at radius 1 is 1.15 bits per heavy atom. The van der Waals surface area contributed by atoms with E-state index in [-0.39, 0.29) is 0 Å². The lowest BCUT2D eigenvalue weighted by Gasteiger charge is -2.19. The summed E-state index contributed by atoms with van der Waals surface area (Å²) in [6.07, 6.45) is 6.34.